The predicted molar refractivity (Wildman–Crippen MR) is 91.8 cm³/mol. The minimum absolute atomic E-state index is 0.0772. The molecular formula is C15H16Cl2N2O5S. The van der Waals surface area contributed by atoms with E-state index in [1.807, 2.05) is 0 Å². The van der Waals surface area contributed by atoms with Gasteiger partial charge in [0.25, 0.3) is 5.91 Å². The zero-order valence-electron chi connectivity index (χ0n) is 13.2. The van der Waals surface area contributed by atoms with E-state index in [1.165, 1.54) is 28.8 Å². The first-order chi connectivity index (χ1) is 11.9. The molecule has 0 aliphatic carbocycles. The van der Waals surface area contributed by atoms with Crippen LogP contribution in [0.3, 0.4) is 0 Å². The van der Waals surface area contributed by atoms with E-state index in [2.05, 4.69) is 0 Å². The fourth-order valence-electron chi connectivity index (χ4n) is 2.55. The highest BCUT2D eigenvalue weighted by Gasteiger charge is 2.32. The van der Waals surface area contributed by atoms with Gasteiger partial charge in [-0.05, 0) is 18.2 Å². The van der Waals surface area contributed by atoms with E-state index in [-0.39, 0.29) is 47.8 Å². The Kier molecular flexibility index (Phi) is 5.43. The number of carbonyl (C=O) groups excluding carboxylic acids is 1. The van der Waals surface area contributed by atoms with Crippen molar-refractivity contribution in [2.75, 3.05) is 39.4 Å². The van der Waals surface area contributed by atoms with Crippen molar-refractivity contribution in [3.63, 3.8) is 0 Å². The Hall–Kier alpha value is -1.48. The average molecular weight is 407 g/mol. The van der Waals surface area contributed by atoms with Crippen LogP contribution in [-0.2, 0) is 24.3 Å². The maximum atomic E-state index is 12.7. The van der Waals surface area contributed by atoms with Gasteiger partial charge in [0.2, 0.25) is 15.8 Å². The molecule has 0 saturated carbocycles. The molecule has 1 fully saturated rings. The van der Waals surface area contributed by atoms with E-state index in [0.29, 0.717) is 18.2 Å². The number of ether oxygens (including phenoxy) is 2. The van der Waals surface area contributed by atoms with Crippen molar-refractivity contribution in [3.05, 3.63) is 40.3 Å². The molecule has 0 spiro atoms. The second kappa shape index (κ2) is 7.41. The van der Waals surface area contributed by atoms with Crippen molar-refractivity contribution in [3.8, 4) is 0 Å². The van der Waals surface area contributed by atoms with Crippen molar-refractivity contribution in [2.24, 2.45) is 0 Å². The van der Waals surface area contributed by atoms with Crippen LogP contribution in [0.4, 0.5) is 0 Å². The molecule has 7 nitrogen and oxygen atoms in total. The number of amides is 1. The highest BCUT2D eigenvalue weighted by atomic mass is 35.5. The first kappa shape index (κ1) is 18.3. The Morgan fingerprint density at radius 1 is 1.04 bits per heavy atom. The molecule has 10 heteroatoms. The summed E-state index contributed by atoms with van der Waals surface area (Å²) in [6.45, 7) is 1.63. The molecule has 2 aliphatic heterocycles. The van der Waals surface area contributed by atoms with Gasteiger partial charge >= 0.3 is 0 Å². The summed E-state index contributed by atoms with van der Waals surface area (Å²) in [5, 5.41) is 0.469. The maximum absolute atomic E-state index is 12.7. The Balaban J connectivity index is 1.67. The largest absolute Gasteiger partial charge is 0.494 e. The van der Waals surface area contributed by atoms with E-state index in [0.717, 1.165) is 0 Å². The smallest absolute Gasteiger partial charge is 0.292 e. The topological polar surface area (TPSA) is 76.2 Å². The molecule has 25 heavy (non-hydrogen) atoms. The summed E-state index contributed by atoms with van der Waals surface area (Å²) in [6, 6.07) is 4.19. The van der Waals surface area contributed by atoms with Crippen molar-refractivity contribution in [1.29, 1.82) is 0 Å². The standard InChI is InChI=1S/C15H16Cl2N2O5S/c16-12-2-1-11(9-13(12)17)25(21,22)19-5-3-18(4-6-19)15(20)14-10-23-7-8-24-14/h1-2,9-10H,3-8H2. The Bertz CT molecular complexity index is 804. The van der Waals surface area contributed by atoms with E-state index < -0.39 is 10.0 Å². The van der Waals surface area contributed by atoms with E-state index in [9.17, 15) is 13.2 Å². The van der Waals surface area contributed by atoms with Crippen LogP contribution in [0.1, 0.15) is 0 Å². The summed E-state index contributed by atoms with van der Waals surface area (Å²) in [5.41, 5.74) is 0. The molecule has 2 aliphatic rings. The molecule has 3 rings (SSSR count). The number of piperazine rings is 1. The van der Waals surface area contributed by atoms with Crippen molar-refractivity contribution < 1.29 is 22.7 Å². The average Bonchev–Trinajstić information content (AvgIpc) is 2.64. The lowest BCUT2D eigenvalue weighted by atomic mass is 10.3. The normalized spacial score (nSPS) is 19.0. The molecule has 2 heterocycles. The fraction of sp³-hybridized carbons (Fsp3) is 0.400. The molecule has 0 atom stereocenters. The van der Waals surface area contributed by atoms with E-state index in [1.54, 1.807) is 4.90 Å². The van der Waals surface area contributed by atoms with Crippen LogP contribution >= 0.6 is 23.2 Å². The molecule has 1 aromatic rings. The number of sulfonamides is 1. The third-order valence-corrected chi connectivity index (χ3v) is 6.55. The molecule has 0 radical (unpaired) electrons. The van der Waals surface area contributed by atoms with Crippen LogP contribution in [-0.4, -0.2) is 62.9 Å². The summed E-state index contributed by atoms with van der Waals surface area (Å²) < 4.78 is 37.1. The summed E-state index contributed by atoms with van der Waals surface area (Å²) in [7, 11) is -3.69. The maximum Gasteiger partial charge on any atom is 0.292 e. The van der Waals surface area contributed by atoms with Gasteiger partial charge in [-0.1, -0.05) is 23.2 Å². The van der Waals surface area contributed by atoms with Gasteiger partial charge in [-0.25, -0.2) is 8.42 Å². The second-order valence-corrected chi connectivity index (χ2v) is 8.23. The number of hydrogen-bond acceptors (Lipinski definition) is 5. The highest BCUT2D eigenvalue weighted by molar-refractivity contribution is 7.89. The fourth-order valence-corrected chi connectivity index (χ4v) is 4.37. The minimum Gasteiger partial charge on any atom is -0.494 e. The molecule has 0 unspecified atom stereocenters. The van der Waals surface area contributed by atoms with E-state index in [4.69, 9.17) is 32.7 Å². The van der Waals surface area contributed by atoms with Crippen molar-refractivity contribution in [1.82, 2.24) is 9.21 Å². The van der Waals surface area contributed by atoms with Crippen LogP contribution in [0, 0.1) is 0 Å². The lowest BCUT2D eigenvalue weighted by Gasteiger charge is -2.34. The number of carbonyl (C=O) groups is 1. The number of rotatable bonds is 3. The van der Waals surface area contributed by atoms with Gasteiger partial charge < -0.3 is 14.4 Å². The molecule has 0 aromatic heterocycles. The van der Waals surface area contributed by atoms with Gasteiger partial charge in [-0.15, -0.1) is 0 Å². The van der Waals surface area contributed by atoms with Gasteiger partial charge in [0.05, 0.1) is 14.9 Å². The SMILES string of the molecule is O=C(C1=COCCO1)N1CCN(S(=O)(=O)c2ccc(Cl)c(Cl)c2)CC1. The molecule has 1 aromatic carbocycles. The monoisotopic (exact) mass is 406 g/mol. The molecular weight excluding hydrogens is 391 g/mol. The first-order valence-electron chi connectivity index (χ1n) is 7.58. The van der Waals surface area contributed by atoms with Gasteiger partial charge in [0, 0.05) is 26.2 Å². The van der Waals surface area contributed by atoms with Crippen LogP contribution in [0.5, 0.6) is 0 Å². The predicted octanol–water partition coefficient (Wildman–Crippen LogP) is 1.71. The third kappa shape index (κ3) is 3.87. The Labute approximate surface area is 155 Å². The molecule has 1 amide bonds. The zero-order chi connectivity index (χ0) is 18.0. The van der Waals surface area contributed by atoms with E-state index >= 15 is 0 Å². The van der Waals surface area contributed by atoms with Crippen LogP contribution in [0.2, 0.25) is 10.0 Å². The third-order valence-electron chi connectivity index (χ3n) is 3.91. The number of hydrogen-bond donors (Lipinski definition) is 0. The quantitative estimate of drug-likeness (QED) is 0.763. The van der Waals surface area contributed by atoms with Crippen molar-refractivity contribution >= 4 is 39.1 Å². The van der Waals surface area contributed by atoms with Crippen molar-refractivity contribution in [2.45, 2.75) is 4.90 Å². The zero-order valence-corrected chi connectivity index (χ0v) is 15.5. The van der Waals surface area contributed by atoms with Gasteiger partial charge in [0.15, 0.2) is 0 Å². The molecule has 136 valence electrons. The summed E-state index contributed by atoms with van der Waals surface area (Å²) in [5.74, 6) is -0.154. The van der Waals surface area contributed by atoms with Gasteiger partial charge in [-0.3, -0.25) is 4.79 Å². The van der Waals surface area contributed by atoms with Crippen LogP contribution in [0.15, 0.2) is 35.1 Å². The summed E-state index contributed by atoms with van der Waals surface area (Å²) >= 11 is 11.7. The summed E-state index contributed by atoms with van der Waals surface area (Å²) in [6.07, 6.45) is 1.30. The second-order valence-electron chi connectivity index (χ2n) is 5.47. The minimum atomic E-state index is -3.69. The number of benzene rings is 1. The van der Waals surface area contributed by atoms with Gasteiger partial charge in [-0.2, -0.15) is 4.31 Å². The Morgan fingerprint density at radius 3 is 2.36 bits per heavy atom. The lowest BCUT2D eigenvalue weighted by Crippen LogP contribution is -2.51. The van der Waals surface area contributed by atoms with Gasteiger partial charge in [0.1, 0.15) is 19.5 Å². The number of nitrogens with zero attached hydrogens (tertiary/aromatic N) is 2. The summed E-state index contributed by atoms with van der Waals surface area (Å²) in [4.78, 5) is 13.9. The molecule has 0 N–H and O–H groups in total. The molecule has 1 saturated heterocycles. The number of halogens is 2. The highest BCUT2D eigenvalue weighted by Crippen LogP contribution is 2.27. The Morgan fingerprint density at radius 2 is 1.76 bits per heavy atom. The molecule has 0 bridgehead atoms. The lowest BCUT2D eigenvalue weighted by molar-refractivity contribution is -0.133. The van der Waals surface area contributed by atoms with Crippen LogP contribution in [0.25, 0.3) is 0 Å². The first-order valence-corrected chi connectivity index (χ1v) is 9.78. The van der Waals surface area contributed by atoms with Crippen LogP contribution < -0.4 is 0 Å².